The van der Waals surface area contributed by atoms with Crippen molar-refractivity contribution in [2.24, 2.45) is 23.2 Å². The Balaban J connectivity index is 1.62. The molecular formula is C25H43FN2O. The number of likely N-dealkylation sites (tertiary alicyclic amines) is 2. The van der Waals surface area contributed by atoms with Crippen LogP contribution in [0.25, 0.3) is 0 Å². The molecule has 1 unspecified atom stereocenters. The van der Waals surface area contributed by atoms with Crippen molar-refractivity contribution in [1.82, 2.24) is 9.80 Å². The lowest BCUT2D eigenvalue weighted by Crippen LogP contribution is -2.44. The number of piperidine rings is 1. The number of alkyl halides is 1. The van der Waals surface area contributed by atoms with Crippen molar-refractivity contribution in [3.63, 3.8) is 0 Å². The fourth-order valence-electron chi connectivity index (χ4n) is 6.07. The second-order valence-corrected chi connectivity index (χ2v) is 10.6. The zero-order valence-corrected chi connectivity index (χ0v) is 19.5. The number of hydrogen-bond acceptors (Lipinski definition) is 2. The number of nitrogens with zero attached hydrogens (tertiary/aromatic N) is 2. The molecule has 1 aliphatic carbocycles. The molecule has 0 radical (unpaired) electrons. The van der Waals surface area contributed by atoms with Crippen molar-refractivity contribution in [2.45, 2.75) is 91.7 Å². The topological polar surface area (TPSA) is 23.6 Å². The number of carbonyl (C=O) groups is 1. The predicted molar refractivity (Wildman–Crippen MR) is 118 cm³/mol. The molecule has 3 rings (SSSR count). The van der Waals surface area contributed by atoms with Gasteiger partial charge in [0.25, 0.3) is 0 Å². The molecule has 3 nitrogen and oxygen atoms in total. The van der Waals surface area contributed by atoms with E-state index in [1.165, 1.54) is 12.1 Å². The van der Waals surface area contributed by atoms with Crippen molar-refractivity contribution in [1.29, 1.82) is 0 Å². The second kappa shape index (κ2) is 8.98. The molecule has 0 aromatic heterocycles. The normalized spacial score (nSPS) is 31.6. The van der Waals surface area contributed by atoms with Gasteiger partial charge in [0.2, 0.25) is 5.91 Å². The van der Waals surface area contributed by atoms with Crippen LogP contribution in [0.15, 0.2) is 11.8 Å². The maximum absolute atomic E-state index is 15.5. The Kier molecular flexibility index (Phi) is 7.00. The molecule has 1 amide bonds. The number of allylic oxidation sites excluding steroid dienone is 2. The Morgan fingerprint density at radius 2 is 1.59 bits per heavy atom. The van der Waals surface area contributed by atoms with Crippen molar-refractivity contribution < 1.29 is 9.18 Å². The molecule has 2 heterocycles. The summed E-state index contributed by atoms with van der Waals surface area (Å²) in [5.41, 5.74) is 0.898. The SMILES string of the molecule is CC/C=C(/C1CCC(F)(C(C)C(C)C)CC1)N1CCC2(CCN(C(C)=O)CC2)C1. The average molecular weight is 407 g/mol. The smallest absolute Gasteiger partial charge is 0.219 e. The standard InChI is InChI=1S/C25H43FN2O/c1-6-7-23(22-8-10-25(26,11-9-22)20(4)19(2)3)28-17-14-24(18-28)12-15-27(16-13-24)21(5)29/h7,19-20,22H,6,8-18H2,1-5H3/b23-7-. The lowest BCUT2D eigenvalue weighted by atomic mass is 9.70. The van der Waals surface area contributed by atoms with Crippen molar-refractivity contribution in [2.75, 3.05) is 26.2 Å². The van der Waals surface area contributed by atoms with Gasteiger partial charge in [0.1, 0.15) is 5.67 Å². The molecule has 0 aromatic carbocycles. The van der Waals surface area contributed by atoms with E-state index in [4.69, 9.17) is 0 Å². The summed E-state index contributed by atoms with van der Waals surface area (Å²) in [5.74, 6) is 1.28. The highest BCUT2D eigenvalue weighted by Crippen LogP contribution is 2.47. The van der Waals surface area contributed by atoms with Gasteiger partial charge in [0, 0.05) is 38.8 Å². The van der Waals surface area contributed by atoms with E-state index in [-0.39, 0.29) is 11.8 Å². The van der Waals surface area contributed by atoms with Gasteiger partial charge in [-0.15, -0.1) is 0 Å². The highest BCUT2D eigenvalue weighted by Gasteiger charge is 2.45. The predicted octanol–water partition coefficient (Wildman–Crippen LogP) is 5.81. The zero-order chi connectivity index (χ0) is 21.2. The third kappa shape index (κ3) is 4.82. The van der Waals surface area contributed by atoms with Crippen LogP contribution in [-0.4, -0.2) is 47.6 Å². The van der Waals surface area contributed by atoms with Crippen LogP contribution in [-0.2, 0) is 4.79 Å². The van der Waals surface area contributed by atoms with Gasteiger partial charge < -0.3 is 9.80 Å². The minimum absolute atomic E-state index is 0.142. The fraction of sp³-hybridized carbons (Fsp3) is 0.880. The van der Waals surface area contributed by atoms with Crippen molar-refractivity contribution >= 4 is 5.91 Å². The van der Waals surface area contributed by atoms with E-state index in [9.17, 15) is 4.79 Å². The minimum atomic E-state index is -0.978. The molecule has 2 saturated heterocycles. The Morgan fingerprint density at radius 1 is 1.03 bits per heavy atom. The lowest BCUT2D eigenvalue weighted by Gasteiger charge is -2.43. The van der Waals surface area contributed by atoms with Gasteiger partial charge in [-0.2, -0.15) is 0 Å². The van der Waals surface area contributed by atoms with Gasteiger partial charge in [-0.1, -0.05) is 33.8 Å². The van der Waals surface area contributed by atoms with E-state index in [1.807, 2.05) is 4.90 Å². The first-order chi connectivity index (χ1) is 13.7. The quantitative estimate of drug-likeness (QED) is 0.575. The highest BCUT2D eigenvalue weighted by atomic mass is 19.1. The van der Waals surface area contributed by atoms with Crippen LogP contribution < -0.4 is 0 Å². The van der Waals surface area contributed by atoms with E-state index in [0.29, 0.717) is 30.1 Å². The van der Waals surface area contributed by atoms with Crippen LogP contribution in [0.4, 0.5) is 4.39 Å². The van der Waals surface area contributed by atoms with E-state index < -0.39 is 5.67 Å². The third-order valence-corrected chi connectivity index (χ3v) is 8.54. The maximum atomic E-state index is 15.5. The summed E-state index contributed by atoms with van der Waals surface area (Å²) in [6, 6.07) is 0. The number of amides is 1. The van der Waals surface area contributed by atoms with Crippen LogP contribution in [0, 0.1) is 23.2 Å². The van der Waals surface area contributed by atoms with Gasteiger partial charge in [-0.3, -0.25) is 4.79 Å². The van der Waals surface area contributed by atoms with Gasteiger partial charge in [0.05, 0.1) is 0 Å². The molecule has 1 saturated carbocycles. The summed E-state index contributed by atoms with van der Waals surface area (Å²) < 4.78 is 15.5. The summed E-state index contributed by atoms with van der Waals surface area (Å²) in [7, 11) is 0. The first-order valence-corrected chi connectivity index (χ1v) is 12.1. The van der Waals surface area contributed by atoms with E-state index in [0.717, 1.165) is 58.3 Å². The fourth-order valence-corrected chi connectivity index (χ4v) is 6.07. The molecular weight excluding hydrogens is 363 g/mol. The summed E-state index contributed by atoms with van der Waals surface area (Å²) >= 11 is 0. The molecule has 2 aliphatic heterocycles. The minimum Gasteiger partial charge on any atom is -0.374 e. The van der Waals surface area contributed by atoms with Crippen LogP contribution >= 0.6 is 0 Å². The average Bonchev–Trinajstić information content (AvgIpc) is 3.10. The molecule has 1 atom stereocenters. The summed E-state index contributed by atoms with van der Waals surface area (Å²) in [6.45, 7) is 14.4. The largest absolute Gasteiger partial charge is 0.374 e. The Hall–Kier alpha value is -1.06. The molecule has 0 bridgehead atoms. The number of halogens is 1. The van der Waals surface area contributed by atoms with E-state index in [1.54, 1.807) is 6.92 Å². The molecule has 0 N–H and O–H groups in total. The first-order valence-electron chi connectivity index (χ1n) is 12.1. The Labute approximate surface area is 178 Å². The Morgan fingerprint density at radius 3 is 2.07 bits per heavy atom. The molecule has 166 valence electrons. The number of carbonyl (C=O) groups excluding carboxylic acids is 1. The first kappa shape index (κ1) is 22.6. The zero-order valence-electron chi connectivity index (χ0n) is 19.5. The number of rotatable bonds is 5. The van der Waals surface area contributed by atoms with Crippen molar-refractivity contribution in [3.8, 4) is 0 Å². The molecule has 4 heteroatoms. The van der Waals surface area contributed by atoms with Gasteiger partial charge in [-0.05, 0) is 74.5 Å². The van der Waals surface area contributed by atoms with E-state index in [2.05, 4.69) is 38.7 Å². The number of hydrogen-bond donors (Lipinski definition) is 0. The van der Waals surface area contributed by atoms with Gasteiger partial charge in [-0.25, -0.2) is 4.39 Å². The van der Waals surface area contributed by atoms with E-state index >= 15 is 4.39 Å². The third-order valence-electron chi connectivity index (χ3n) is 8.54. The van der Waals surface area contributed by atoms with Crippen LogP contribution in [0.2, 0.25) is 0 Å². The van der Waals surface area contributed by atoms with Gasteiger partial charge >= 0.3 is 0 Å². The molecule has 0 aromatic rings. The van der Waals surface area contributed by atoms with Crippen LogP contribution in [0.5, 0.6) is 0 Å². The monoisotopic (exact) mass is 406 g/mol. The summed E-state index contributed by atoms with van der Waals surface area (Å²) in [4.78, 5) is 16.3. The van der Waals surface area contributed by atoms with Crippen LogP contribution in [0.1, 0.15) is 86.0 Å². The second-order valence-electron chi connectivity index (χ2n) is 10.6. The van der Waals surface area contributed by atoms with Crippen molar-refractivity contribution in [3.05, 3.63) is 11.8 Å². The maximum Gasteiger partial charge on any atom is 0.219 e. The molecule has 1 spiro atoms. The van der Waals surface area contributed by atoms with Crippen LogP contribution in [0.3, 0.4) is 0 Å². The summed E-state index contributed by atoms with van der Waals surface area (Å²) in [5, 5.41) is 0. The highest BCUT2D eigenvalue weighted by molar-refractivity contribution is 5.73. The molecule has 3 aliphatic rings. The molecule has 29 heavy (non-hydrogen) atoms. The Bertz CT molecular complexity index is 598. The van der Waals surface area contributed by atoms with Gasteiger partial charge in [0.15, 0.2) is 0 Å². The lowest BCUT2D eigenvalue weighted by molar-refractivity contribution is -0.131. The summed E-state index contributed by atoms with van der Waals surface area (Å²) in [6.07, 6.45) is 10.4. The molecule has 3 fully saturated rings.